The molecule has 0 heterocycles. The van der Waals surface area contributed by atoms with Crippen LogP contribution in [0.2, 0.25) is 0 Å². The van der Waals surface area contributed by atoms with Crippen LogP contribution in [0.5, 0.6) is 0 Å². The van der Waals surface area contributed by atoms with Gasteiger partial charge in [-0.1, -0.05) is 12.1 Å². The molecule has 1 amide bonds. The maximum absolute atomic E-state index is 12.4. The van der Waals surface area contributed by atoms with E-state index in [0.29, 0.717) is 19.0 Å². The maximum Gasteiger partial charge on any atom is 0.229 e. The fraction of sp³-hybridized carbons (Fsp3) is 0.562. The minimum atomic E-state index is -0.513. The van der Waals surface area contributed by atoms with Crippen molar-refractivity contribution < 1.29 is 4.79 Å². The summed E-state index contributed by atoms with van der Waals surface area (Å²) in [5, 5.41) is 0. The van der Waals surface area contributed by atoms with E-state index >= 15 is 0 Å². The van der Waals surface area contributed by atoms with Crippen molar-refractivity contribution in [2.75, 3.05) is 31.4 Å². The first kappa shape index (κ1) is 16.8. The van der Waals surface area contributed by atoms with Crippen molar-refractivity contribution in [1.82, 2.24) is 4.90 Å². The van der Waals surface area contributed by atoms with Crippen LogP contribution in [0.15, 0.2) is 24.3 Å². The SMILES string of the molecule is CCN(Cc1ccc(N(C)C)cc1)C(=O)C(C)(C)CCl. The molecule has 0 atom stereocenters. The van der Waals surface area contributed by atoms with Crippen molar-refractivity contribution in [3.63, 3.8) is 0 Å². The summed E-state index contributed by atoms with van der Waals surface area (Å²) in [5.74, 6) is 0.439. The van der Waals surface area contributed by atoms with E-state index in [1.54, 1.807) is 0 Å². The lowest BCUT2D eigenvalue weighted by Crippen LogP contribution is -2.41. The Balaban J connectivity index is 2.81. The van der Waals surface area contributed by atoms with Crippen molar-refractivity contribution >= 4 is 23.2 Å². The fourth-order valence-electron chi connectivity index (χ4n) is 1.93. The molecule has 0 radical (unpaired) electrons. The molecule has 0 aliphatic heterocycles. The van der Waals surface area contributed by atoms with Crippen LogP contribution in [0.1, 0.15) is 26.3 Å². The molecule has 0 aromatic heterocycles. The Morgan fingerprint density at radius 3 is 2.15 bits per heavy atom. The van der Waals surface area contributed by atoms with E-state index in [-0.39, 0.29) is 5.91 Å². The number of hydrogen-bond donors (Lipinski definition) is 0. The Morgan fingerprint density at radius 1 is 1.20 bits per heavy atom. The molecule has 1 aromatic rings. The number of alkyl halides is 1. The summed E-state index contributed by atoms with van der Waals surface area (Å²) in [5.41, 5.74) is 1.78. The average molecular weight is 297 g/mol. The molecular weight excluding hydrogens is 272 g/mol. The van der Waals surface area contributed by atoms with E-state index < -0.39 is 5.41 Å². The van der Waals surface area contributed by atoms with Gasteiger partial charge in [0.2, 0.25) is 5.91 Å². The molecule has 1 rings (SSSR count). The van der Waals surface area contributed by atoms with Gasteiger partial charge in [0.05, 0.1) is 5.41 Å². The summed E-state index contributed by atoms with van der Waals surface area (Å²) in [6, 6.07) is 8.28. The van der Waals surface area contributed by atoms with Crippen LogP contribution in [0.25, 0.3) is 0 Å². The maximum atomic E-state index is 12.4. The first-order chi connectivity index (χ1) is 9.31. The summed E-state index contributed by atoms with van der Waals surface area (Å²) in [6.07, 6.45) is 0. The summed E-state index contributed by atoms with van der Waals surface area (Å²) in [4.78, 5) is 16.4. The van der Waals surface area contributed by atoms with Gasteiger partial charge in [-0.05, 0) is 38.5 Å². The predicted octanol–water partition coefficient (Wildman–Crippen LogP) is 3.37. The third-order valence-electron chi connectivity index (χ3n) is 3.41. The lowest BCUT2D eigenvalue weighted by Gasteiger charge is -2.30. The second-order valence-corrected chi connectivity index (χ2v) is 6.16. The van der Waals surface area contributed by atoms with Gasteiger partial charge in [-0.15, -0.1) is 11.6 Å². The fourth-order valence-corrected chi connectivity index (χ4v) is 2.05. The molecule has 0 N–H and O–H groups in total. The Labute approximate surface area is 127 Å². The third-order valence-corrected chi connectivity index (χ3v) is 4.08. The Morgan fingerprint density at radius 2 is 1.75 bits per heavy atom. The van der Waals surface area contributed by atoms with Crippen LogP contribution in [-0.4, -0.2) is 37.3 Å². The third kappa shape index (κ3) is 4.14. The van der Waals surface area contributed by atoms with E-state index in [1.165, 1.54) is 0 Å². The summed E-state index contributed by atoms with van der Waals surface area (Å²) in [6.45, 7) is 7.09. The first-order valence-corrected chi connectivity index (χ1v) is 7.47. The summed E-state index contributed by atoms with van der Waals surface area (Å²) >= 11 is 5.89. The van der Waals surface area contributed by atoms with E-state index in [1.807, 2.05) is 39.8 Å². The standard InChI is InChI=1S/C16H25ClN2O/c1-6-19(15(20)16(2,3)12-17)11-13-7-9-14(10-8-13)18(4)5/h7-10H,6,11-12H2,1-5H3. The van der Waals surface area contributed by atoms with Crippen molar-refractivity contribution in [2.45, 2.75) is 27.3 Å². The van der Waals surface area contributed by atoms with Crippen LogP contribution in [0, 0.1) is 5.41 Å². The number of carbonyl (C=O) groups is 1. The van der Waals surface area contributed by atoms with Gasteiger partial charge in [-0.25, -0.2) is 0 Å². The highest BCUT2D eigenvalue weighted by Crippen LogP contribution is 2.22. The number of rotatable bonds is 6. The number of halogens is 1. The zero-order valence-corrected chi connectivity index (χ0v) is 13.9. The van der Waals surface area contributed by atoms with Crippen LogP contribution in [0.4, 0.5) is 5.69 Å². The second-order valence-electron chi connectivity index (χ2n) is 5.90. The monoisotopic (exact) mass is 296 g/mol. The zero-order valence-electron chi connectivity index (χ0n) is 13.1. The molecule has 0 spiro atoms. The molecule has 112 valence electrons. The minimum Gasteiger partial charge on any atom is -0.378 e. The Bertz CT molecular complexity index is 440. The highest BCUT2D eigenvalue weighted by atomic mass is 35.5. The normalized spacial score (nSPS) is 11.3. The molecule has 0 fully saturated rings. The molecule has 4 heteroatoms. The quantitative estimate of drug-likeness (QED) is 0.752. The predicted molar refractivity (Wildman–Crippen MR) is 86.4 cm³/mol. The second kappa shape index (κ2) is 6.98. The molecule has 20 heavy (non-hydrogen) atoms. The number of amides is 1. The Kier molecular flexibility index (Phi) is 5.88. The van der Waals surface area contributed by atoms with Crippen LogP contribution < -0.4 is 4.90 Å². The topological polar surface area (TPSA) is 23.6 Å². The molecule has 3 nitrogen and oxygen atoms in total. The number of benzene rings is 1. The highest BCUT2D eigenvalue weighted by Gasteiger charge is 2.30. The van der Waals surface area contributed by atoms with E-state index in [2.05, 4.69) is 29.2 Å². The lowest BCUT2D eigenvalue weighted by atomic mass is 9.94. The number of carbonyl (C=O) groups excluding carboxylic acids is 1. The highest BCUT2D eigenvalue weighted by molar-refractivity contribution is 6.19. The number of hydrogen-bond acceptors (Lipinski definition) is 2. The summed E-state index contributed by atoms with van der Waals surface area (Å²) in [7, 11) is 4.03. The van der Waals surface area contributed by atoms with Crippen molar-refractivity contribution in [3.05, 3.63) is 29.8 Å². The molecular formula is C16H25ClN2O. The van der Waals surface area contributed by atoms with Gasteiger partial charge in [-0.2, -0.15) is 0 Å². The van der Waals surface area contributed by atoms with Crippen molar-refractivity contribution in [2.24, 2.45) is 5.41 Å². The van der Waals surface area contributed by atoms with Gasteiger partial charge >= 0.3 is 0 Å². The van der Waals surface area contributed by atoms with Gasteiger partial charge in [0.25, 0.3) is 0 Å². The zero-order chi connectivity index (χ0) is 15.3. The smallest absolute Gasteiger partial charge is 0.229 e. The van der Waals surface area contributed by atoms with Gasteiger partial charge in [0.15, 0.2) is 0 Å². The largest absolute Gasteiger partial charge is 0.378 e. The average Bonchev–Trinajstić information content (AvgIpc) is 2.44. The van der Waals surface area contributed by atoms with E-state index in [0.717, 1.165) is 11.3 Å². The molecule has 0 aliphatic carbocycles. The number of anilines is 1. The number of nitrogens with zero attached hydrogens (tertiary/aromatic N) is 2. The van der Waals surface area contributed by atoms with Crippen molar-refractivity contribution in [1.29, 1.82) is 0 Å². The van der Waals surface area contributed by atoms with E-state index in [4.69, 9.17) is 11.6 Å². The van der Waals surface area contributed by atoms with Gasteiger partial charge < -0.3 is 9.80 Å². The first-order valence-electron chi connectivity index (χ1n) is 6.93. The molecule has 1 aromatic carbocycles. The Hall–Kier alpha value is -1.22. The van der Waals surface area contributed by atoms with Crippen LogP contribution in [-0.2, 0) is 11.3 Å². The van der Waals surface area contributed by atoms with Crippen LogP contribution >= 0.6 is 11.6 Å². The van der Waals surface area contributed by atoms with Gasteiger partial charge in [-0.3, -0.25) is 4.79 Å². The van der Waals surface area contributed by atoms with Crippen molar-refractivity contribution in [3.8, 4) is 0 Å². The minimum absolute atomic E-state index is 0.103. The van der Waals surface area contributed by atoms with Crippen LogP contribution in [0.3, 0.4) is 0 Å². The lowest BCUT2D eigenvalue weighted by molar-refractivity contribution is -0.139. The molecule has 0 saturated heterocycles. The van der Waals surface area contributed by atoms with Gasteiger partial charge in [0.1, 0.15) is 0 Å². The molecule has 0 unspecified atom stereocenters. The summed E-state index contributed by atoms with van der Waals surface area (Å²) < 4.78 is 0. The van der Waals surface area contributed by atoms with Gasteiger partial charge in [0, 0.05) is 38.8 Å². The van der Waals surface area contributed by atoms with E-state index in [9.17, 15) is 4.79 Å². The molecule has 0 aliphatic rings. The molecule has 0 saturated carbocycles. The molecule has 0 bridgehead atoms.